The van der Waals surface area contributed by atoms with Crippen molar-refractivity contribution >= 4 is 22.9 Å². The van der Waals surface area contributed by atoms with Gasteiger partial charge < -0.3 is 14.8 Å². The molecular weight excluding hydrogens is 244 g/mol. The zero-order valence-corrected chi connectivity index (χ0v) is 9.55. The quantitative estimate of drug-likeness (QED) is 0.764. The summed E-state index contributed by atoms with van der Waals surface area (Å²) in [7, 11) is 0. The summed E-state index contributed by atoms with van der Waals surface area (Å²) in [4.78, 5) is 22.0. The van der Waals surface area contributed by atoms with Gasteiger partial charge in [-0.2, -0.15) is 0 Å². The van der Waals surface area contributed by atoms with Gasteiger partial charge >= 0.3 is 0 Å². The molecular formula is C9H10N4O3S. The van der Waals surface area contributed by atoms with Gasteiger partial charge in [-0.1, -0.05) is 0 Å². The lowest BCUT2D eigenvalue weighted by atomic mass is 10.5. The number of nitrogens with zero attached hydrogens (tertiary/aromatic N) is 3. The number of thioether (sulfide) groups is 1. The van der Waals surface area contributed by atoms with Gasteiger partial charge in [-0.05, 0) is 0 Å². The highest BCUT2D eigenvalue weighted by molar-refractivity contribution is 8.00. The molecule has 0 amide bonds. The van der Waals surface area contributed by atoms with E-state index in [1.165, 1.54) is 24.4 Å². The van der Waals surface area contributed by atoms with Crippen LogP contribution >= 0.6 is 11.8 Å². The lowest BCUT2D eigenvalue weighted by molar-refractivity contribution is -0.00191. The second-order valence-electron chi connectivity index (χ2n) is 3.59. The molecule has 2 N–H and O–H groups in total. The molecule has 1 saturated heterocycles. The number of hydrogen-bond donors (Lipinski definition) is 2. The summed E-state index contributed by atoms with van der Waals surface area (Å²) >= 11 is 1.53. The molecule has 90 valence electrons. The van der Waals surface area contributed by atoms with Gasteiger partial charge in [0.2, 0.25) is 0 Å². The molecule has 0 aliphatic carbocycles. The minimum absolute atomic E-state index is 0.0260. The van der Waals surface area contributed by atoms with Crippen LogP contribution in [0.3, 0.4) is 0 Å². The van der Waals surface area contributed by atoms with E-state index in [4.69, 9.17) is 9.84 Å². The van der Waals surface area contributed by atoms with Crippen LogP contribution in [-0.2, 0) is 4.74 Å². The van der Waals surface area contributed by atoms with E-state index in [9.17, 15) is 4.79 Å². The Bertz CT molecular complexity index is 595. The first-order valence-corrected chi connectivity index (χ1v) is 6.12. The van der Waals surface area contributed by atoms with Crippen molar-refractivity contribution in [1.29, 1.82) is 0 Å². The van der Waals surface area contributed by atoms with Gasteiger partial charge in [-0.3, -0.25) is 9.36 Å². The fraction of sp³-hybridized carbons (Fsp3) is 0.444. The first-order chi connectivity index (χ1) is 8.29. The molecule has 3 heterocycles. The standard InChI is InChI=1S/C9H10N4O3S/c14-1-6-16-5(2-17-6)13-4-12-7-8(13)10-3-11-9(7)15/h3-6,14H,1-2H2,(H,10,11,15)/t5-,6-/m0/s1. The molecule has 0 aromatic carbocycles. The third-order valence-corrected chi connectivity index (χ3v) is 3.67. The molecule has 0 saturated carbocycles. The largest absolute Gasteiger partial charge is 0.393 e. The van der Waals surface area contributed by atoms with Gasteiger partial charge in [0.1, 0.15) is 11.7 Å². The third-order valence-electron chi connectivity index (χ3n) is 2.56. The van der Waals surface area contributed by atoms with Crippen molar-refractivity contribution in [3.05, 3.63) is 23.0 Å². The van der Waals surface area contributed by atoms with Crippen LogP contribution in [0.1, 0.15) is 6.23 Å². The average Bonchev–Trinajstić information content (AvgIpc) is 2.94. The number of ether oxygens (including phenoxy) is 1. The van der Waals surface area contributed by atoms with Crippen molar-refractivity contribution in [1.82, 2.24) is 19.5 Å². The number of rotatable bonds is 2. The van der Waals surface area contributed by atoms with Crippen molar-refractivity contribution in [2.24, 2.45) is 0 Å². The van der Waals surface area contributed by atoms with Crippen LogP contribution in [0.2, 0.25) is 0 Å². The maximum atomic E-state index is 11.5. The van der Waals surface area contributed by atoms with Crippen molar-refractivity contribution in [3.63, 3.8) is 0 Å². The number of nitrogens with one attached hydrogen (secondary N) is 1. The minimum atomic E-state index is -0.266. The number of hydrogen-bond acceptors (Lipinski definition) is 6. The smallest absolute Gasteiger partial charge is 0.278 e. The molecule has 0 unspecified atom stereocenters. The molecule has 3 rings (SSSR count). The zero-order chi connectivity index (χ0) is 11.8. The second-order valence-corrected chi connectivity index (χ2v) is 4.78. The van der Waals surface area contributed by atoms with Gasteiger partial charge in [0.25, 0.3) is 5.56 Å². The molecule has 2 aromatic rings. The van der Waals surface area contributed by atoms with Crippen molar-refractivity contribution < 1.29 is 9.84 Å². The van der Waals surface area contributed by atoms with Crippen molar-refractivity contribution in [2.75, 3.05) is 12.4 Å². The highest BCUT2D eigenvalue weighted by Gasteiger charge is 2.28. The van der Waals surface area contributed by atoms with Crippen LogP contribution in [-0.4, -0.2) is 42.4 Å². The minimum Gasteiger partial charge on any atom is -0.393 e. The molecule has 8 heteroatoms. The van der Waals surface area contributed by atoms with E-state index in [0.717, 1.165) is 0 Å². The van der Waals surface area contributed by atoms with Crippen LogP contribution in [0.15, 0.2) is 17.4 Å². The van der Waals surface area contributed by atoms with Crippen molar-refractivity contribution in [3.8, 4) is 0 Å². The van der Waals surface area contributed by atoms with Crippen LogP contribution in [0.5, 0.6) is 0 Å². The number of aromatic amines is 1. The van der Waals surface area contributed by atoms with Crippen molar-refractivity contribution in [2.45, 2.75) is 11.7 Å². The average molecular weight is 254 g/mol. The Labute approximate surface area is 99.8 Å². The summed E-state index contributed by atoms with van der Waals surface area (Å²) in [5, 5.41) is 9.00. The Morgan fingerprint density at radius 1 is 1.65 bits per heavy atom. The van der Waals surface area contributed by atoms with E-state index in [-0.39, 0.29) is 23.8 Å². The number of aromatic nitrogens is 4. The zero-order valence-electron chi connectivity index (χ0n) is 8.74. The molecule has 2 atom stereocenters. The summed E-state index contributed by atoms with van der Waals surface area (Å²) < 4.78 is 7.30. The number of aliphatic hydroxyl groups excluding tert-OH is 1. The van der Waals surface area contributed by atoms with E-state index in [1.807, 2.05) is 0 Å². The molecule has 0 radical (unpaired) electrons. The summed E-state index contributed by atoms with van der Waals surface area (Å²) in [6.07, 6.45) is 2.64. The molecule has 0 bridgehead atoms. The molecule has 1 aliphatic rings. The van der Waals surface area contributed by atoms with Gasteiger partial charge in [0.05, 0.1) is 19.3 Å². The number of aliphatic hydroxyl groups is 1. The molecule has 2 aromatic heterocycles. The Morgan fingerprint density at radius 2 is 2.53 bits per heavy atom. The summed E-state index contributed by atoms with van der Waals surface area (Å²) in [6.45, 7) is -0.0260. The van der Waals surface area contributed by atoms with Crippen LogP contribution in [0.25, 0.3) is 11.2 Å². The van der Waals surface area contributed by atoms with Gasteiger partial charge in [0.15, 0.2) is 11.2 Å². The lowest BCUT2D eigenvalue weighted by Crippen LogP contribution is -2.15. The Morgan fingerprint density at radius 3 is 3.29 bits per heavy atom. The van der Waals surface area contributed by atoms with Crippen LogP contribution in [0.4, 0.5) is 0 Å². The second kappa shape index (κ2) is 4.13. The van der Waals surface area contributed by atoms with E-state index in [2.05, 4.69) is 15.0 Å². The molecule has 0 spiro atoms. The summed E-state index contributed by atoms with van der Waals surface area (Å²) in [6, 6.07) is 0. The molecule has 1 aliphatic heterocycles. The van der Waals surface area contributed by atoms with Gasteiger partial charge in [-0.25, -0.2) is 9.97 Å². The molecule has 1 fully saturated rings. The maximum absolute atomic E-state index is 11.5. The third kappa shape index (κ3) is 1.74. The number of fused-ring (bicyclic) bond motifs is 1. The SMILES string of the molecule is O=c1[nH]cnc2c1ncn2[C@@H]1CS[C@@H](CO)O1. The normalized spacial score (nSPS) is 24.5. The lowest BCUT2D eigenvalue weighted by Gasteiger charge is -2.12. The first kappa shape index (κ1) is 10.8. The Balaban J connectivity index is 2.02. The van der Waals surface area contributed by atoms with E-state index in [1.54, 1.807) is 4.57 Å². The van der Waals surface area contributed by atoms with E-state index in [0.29, 0.717) is 16.9 Å². The Kier molecular flexibility index (Phi) is 2.61. The predicted molar refractivity (Wildman–Crippen MR) is 61.6 cm³/mol. The Hall–Kier alpha value is -1.38. The maximum Gasteiger partial charge on any atom is 0.278 e. The van der Waals surface area contributed by atoms with Crippen LogP contribution < -0.4 is 5.56 Å². The first-order valence-electron chi connectivity index (χ1n) is 5.07. The fourth-order valence-electron chi connectivity index (χ4n) is 1.76. The van der Waals surface area contributed by atoms with Gasteiger partial charge in [-0.15, -0.1) is 11.8 Å². The highest BCUT2D eigenvalue weighted by Crippen LogP contribution is 2.32. The summed E-state index contributed by atoms with van der Waals surface area (Å²) in [5.41, 5.74) is 0.309. The number of H-pyrrole nitrogens is 1. The fourth-order valence-corrected chi connectivity index (χ4v) is 2.69. The van der Waals surface area contributed by atoms with E-state index < -0.39 is 0 Å². The molecule has 17 heavy (non-hydrogen) atoms. The topological polar surface area (TPSA) is 93.0 Å². The summed E-state index contributed by atoms with van der Waals surface area (Å²) in [5.74, 6) is 0.700. The van der Waals surface area contributed by atoms with E-state index >= 15 is 0 Å². The van der Waals surface area contributed by atoms with Gasteiger partial charge in [0, 0.05) is 5.75 Å². The predicted octanol–water partition coefficient (Wildman–Crippen LogP) is -0.300. The number of imidazole rings is 1. The highest BCUT2D eigenvalue weighted by atomic mass is 32.2. The molecule has 7 nitrogen and oxygen atoms in total. The monoisotopic (exact) mass is 254 g/mol. The van der Waals surface area contributed by atoms with Crippen LogP contribution in [0, 0.1) is 0 Å².